The van der Waals surface area contributed by atoms with Crippen LogP contribution in [0.4, 0.5) is 0 Å². The smallest absolute Gasteiger partial charge is 0.233 e. The van der Waals surface area contributed by atoms with Gasteiger partial charge in [0.2, 0.25) is 5.88 Å². The predicted octanol–water partition coefficient (Wildman–Crippen LogP) is 2.18. The topological polar surface area (TPSA) is 55.2 Å². The Labute approximate surface area is 106 Å². The molecule has 0 aliphatic heterocycles. The maximum Gasteiger partial charge on any atom is 0.233 e. The van der Waals surface area contributed by atoms with E-state index in [4.69, 9.17) is 4.74 Å². The number of methoxy groups -OCH3 is 1. The van der Waals surface area contributed by atoms with Gasteiger partial charge in [-0.3, -0.25) is 0 Å². The maximum absolute atomic E-state index is 10.3. The molecule has 0 bridgehead atoms. The van der Waals surface area contributed by atoms with E-state index in [1.54, 1.807) is 12.1 Å². The Morgan fingerprint density at radius 1 is 1.11 bits per heavy atom. The summed E-state index contributed by atoms with van der Waals surface area (Å²) in [5.74, 6) is 0.437. The minimum atomic E-state index is -0.761. The van der Waals surface area contributed by atoms with Gasteiger partial charge in [-0.1, -0.05) is 23.8 Å². The van der Waals surface area contributed by atoms with E-state index in [0.717, 1.165) is 16.7 Å². The number of aryl methyl sites for hydroxylation is 2. The molecule has 4 heteroatoms. The molecule has 0 aliphatic rings. The van der Waals surface area contributed by atoms with E-state index in [1.807, 2.05) is 32.0 Å². The molecule has 1 heterocycles. The number of nitrogens with zero attached hydrogens (tertiary/aromatic N) is 2. The largest absolute Gasteiger partial charge is 0.480 e. The Bertz CT molecular complexity index is 538. The van der Waals surface area contributed by atoms with E-state index in [2.05, 4.69) is 10.2 Å². The van der Waals surface area contributed by atoms with Gasteiger partial charge in [-0.05, 0) is 31.0 Å². The second-order valence-corrected chi connectivity index (χ2v) is 4.26. The van der Waals surface area contributed by atoms with Gasteiger partial charge in [0, 0.05) is 6.07 Å². The molecule has 0 fully saturated rings. The number of ether oxygens (including phenoxy) is 1. The summed E-state index contributed by atoms with van der Waals surface area (Å²) in [7, 11) is 1.53. The van der Waals surface area contributed by atoms with Gasteiger partial charge >= 0.3 is 0 Å². The number of hydrogen-bond donors (Lipinski definition) is 1. The van der Waals surface area contributed by atoms with E-state index in [-0.39, 0.29) is 0 Å². The first kappa shape index (κ1) is 12.5. The molecule has 0 saturated carbocycles. The van der Waals surface area contributed by atoms with Crippen LogP contribution in [0.5, 0.6) is 5.88 Å². The molecule has 0 radical (unpaired) electrons. The van der Waals surface area contributed by atoms with Crippen LogP contribution in [-0.4, -0.2) is 22.4 Å². The lowest BCUT2D eigenvalue weighted by atomic mass is 9.99. The molecule has 18 heavy (non-hydrogen) atoms. The fourth-order valence-electron chi connectivity index (χ4n) is 1.80. The van der Waals surface area contributed by atoms with E-state index in [1.165, 1.54) is 7.11 Å². The average Bonchev–Trinajstić information content (AvgIpc) is 2.41. The van der Waals surface area contributed by atoms with Crippen LogP contribution in [0.15, 0.2) is 30.3 Å². The lowest BCUT2D eigenvalue weighted by Crippen LogP contribution is -2.06. The lowest BCUT2D eigenvalue weighted by molar-refractivity contribution is 0.212. The van der Waals surface area contributed by atoms with Crippen LogP contribution in [0.25, 0.3) is 0 Å². The first-order chi connectivity index (χ1) is 8.61. The highest BCUT2D eigenvalue weighted by atomic mass is 16.5. The van der Waals surface area contributed by atoms with Crippen molar-refractivity contribution in [2.45, 2.75) is 20.0 Å². The number of aliphatic hydroxyl groups is 1. The normalized spacial score (nSPS) is 12.2. The highest BCUT2D eigenvalue weighted by Crippen LogP contribution is 2.24. The van der Waals surface area contributed by atoms with Crippen molar-refractivity contribution < 1.29 is 9.84 Å². The molecule has 2 rings (SSSR count). The molecule has 0 amide bonds. The molecule has 1 aromatic carbocycles. The van der Waals surface area contributed by atoms with Gasteiger partial charge in [0.1, 0.15) is 6.10 Å². The molecule has 0 spiro atoms. The summed E-state index contributed by atoms with van der Waals surface area (Å²) in [5.41, 5.74) is 3.51. The van der Waals surface area contributed by atoms with E-state index in [9.17, 15) is 5.11 Å². The molecular formula is C14H16N2O2. The first-order valence-electron chi connectivity index (χ1n) is 5.74. The number of aromatic nitrogens is 2. The molecular weight excluding hydrogens is 228 g/mol. The second-order valence-electron chi connectivity index (χ2n) is 4.26. The first-order valence-corrected chi connectivity index (χ1v) is 5.74. The molecule has 1 N–H and O–H groups in total. The summed E-state index contributed by atoms with van der Waals surface area (Å²) in [5, 5.41) is 18.2. The Hall–Kier alpha value is -1.94. The van der Waals surface area contributed by atoms with Gasteiger partial charge in [0.05, 0.1) is 12.8 Å². The molecule has 2 aromatic rings. The van der Waals surface area contributed by atoms with Crippen molar-refractivity contribution in [1.82, 2.24) is 10.2 Å². The zero-order valence-corrected chi connectivity index (χ0v) is 10.7. The molecule has 1 aromatic heterocycles. The van der Waals surface area contributed by atoms with E-state index < -0.39 is 6.10 Å². The highest BCUT2D eigenvalue weighted by molar-refractivity contribution is 5.35. The van der Waals surface area contributed by atoms with Gasteiger partial charge in [0.15, 0.2) is 0 Å². The monoisotopic (exact) mass is 244 g/mol. The van der Waals surface area contributed by atoms with Crippen molar-refractivity contribution in [3.8, 4) is 5.88 Å². The predicted molar refractivity (Wildman–Crippen MR) is 68.6 cm³/mol. The van der Waals surface area contributed by atoms with Crippen molar-refractivity contribution in [3.05, 3.63) is 52.7 Å². The number of benzene rings is 1. The molecule has 1 atom stereocenters. The Morgan fingerprint density at radius 2 is 1.89 bits per heavy atom. The van der Waals surface area contributed by atoms with Gasteiger partial charge in [-0.2, -0.15) is 0 Å². The van der Waals surface area contributed by atoms with Crippen molar-refractivity contribution >= 4 is 0 Å². The van der Waals surface area contributed by atoms with Gasteiger partial charge in [-0.15, -0.1) is 10.2 Å². The number of hydrogen-bond acceptors (Lipinski definition) is 4. The Morgan fingerprint density at radius 3 is 2.50 bits per heavy atom. The van der Waals surface area contributed by atoms with Crippen LogP contribution in [0, 0.1) is 13.8 Å². The molecule has 94 valence electrons. The van der Waals surface area contributed by atoms with Crippen LogP contribution in [0.3, 0.4) is 0 Å². The van der Waals surface area contributed by atoms with Crippen LogP contribution < -0.4 is 4.74 Å². The Balaban J connectivity index is 2.34. The Kier molecular flexibility index (Phi) is 3.58. The summed E-state index contributed by atoms with van der Waals surface area (Å²) in [4.78, 5) is 0. The fourth-order valence-corrected chi connectivity index (χ4v) is 1.80. The summed E-state index contributed by atoms with van der Waals surface area (Å²) in [6.07, 6.45) is -0.761. The third-order valence-electron chi connectivity index (χ3n) is 2.88. The van der Waals surface area contributed by atoms with Crippen LogP contribution >= 0.6 is 0 Å². The maximum atomic E-state index is 10.3. The quantitative estimate of drug-likeness (QED) is 0.899. The van der Waals surface area contributed by atoms with Crippen molar-refractivity contribution in [2.24, 2.45) is 0 Å². The van der Waals surface area contributed by atoms with Crippen LogP contribution in [0.1, 0.15) is 28.5 Å². The second kappa shape index (κ2) is 5.14. The summed E-state index contributed by atoms with van der Waals surface area (Å²) < 4.78 is 4.94. The van der Waals surface area contributed by atoms with E-state index >= 15 is 0 Å². The molecule has 1 unspecified atom stereocenters. The lowest BCUT2D eigenvalue weighted by Gasteiger charge is -2.13. The minimum absolute atomic E-state index is 0.437. The van der Waals surface area contributed by atoms with Gasteiger partial charge in [-0.25, -0.2) is 0 Å². The molecule has 4 nitrogen and oxygen atoms in total. The van der Waals surface area contributed by atoms with E-state index in [0.29, 0.717) is 11.6 Å². The third kappa shape index (κ3) is 2.49. The van der Waals surface area contributed by atoms with Crippen molar-refractivity contribution in [2.75, 3.05) is 7.11 Å². The van der Waals surface area contributed by atoms with Crippen LogP contribution in [0.2, 0.25) is 0 Å². The van der Waals surface area contributed by atoms with Gasteiger partial charge < -0.3 is 9.84 Å². The zero-order valence-electron chi connectivity index (χ0n) is 10.7. The number of aliphatic hydroxyl groups excluding tert-OH is 1. The number of rotatable bonds is 3. The SMILES string of the molecule is COc1ccc(C(O)c2cc(C)ccc2C)nn1. The van der Waals surface area contributed by atoms with Gasteiger partial charge in [0.25, 0.3) is 0 Å². The van der Waals surface area contributed by atoms with Crippen molar-refractivity contribution in [1.29, 1.82) is 0 Å². The minimum Gasteiger partial charge on any atom is -0.480 e. The fraction of sp³-hybridized carbons (Fsp3) is 0.286. The summed E-state index contributed by atoms with van der Waals surface area (Å²) >= 11 is 0. The zero-order chi connectivity index (χ0) is 13.1. The summed E-state index contributed by atoms with van der Waals surface area (Å²) in [6.45, 7) is 3.96. The highest BCUT2D eigenvalue weighted by Gasteiger charge is 2.15. The molecule has 0 saturated heterocycles. The third-order valence-corrected chi connectivity index (χ3v) is 2.88. The molecule has 0 aliphatic carbocycles. The van der Waals surface area contributed by atoms with Crippen LogP contribution in [-0.2, 0) is 0 Å². The average molecular weight is 244 g/mol. The van der Waals surface area contributed by atoms with Crippen molar-refractivity contribution in [3.63, 3.8) is 0 Å². The standard InChI is InChI=1S/C14H16N2O2/c1-9-4-5-10(2)11(8-9)14(17)12-6-7-13(18-3)16-15-12/h4-8,14,17H,1-3H3. The summed E-state index contributed by atoms with van der Waals surface area (Å²) in [6, 6.07) is 9.39.